The van der Waals surface area contributed by atoms with Gasteiger partial charge in [0, 0.05) is 5.38 Å². The minimum atomic E-state index is -3.31. The van der Waals surface area contributed by atoms with Crippen LogP contribution >= 0.6 is 40.4 Å². The summed E-state index contributed by atoms with van der Waals surface area (Å²) < 4.78 is 27.7. The third-order valence-electron chi connectivity index (χ3n) is 1.45. The first-order valence-corrected chi connectivity index (χ1v) is 10.4. The lowest BCUT2D eigenvalue weighted by atomic mass is 10.5. The van der Waals surface area contributed by atoms with Crippen LogP contribution < -0.4 is 10.3 Å². The molecule has 11 heteroatoms. The Kier molecular flexibility index (Phi) is 7.19. The average Bonchev–Trinajstić information content (AvgIpc) is 2.82. The number of hydrogen-bond donors (Lipinski definition) is 1. The molecule has 1 rings (SSSR count). The highest BCUT2D eigenvalue weighted by Gasteiger charge is 2.31. The summed E-state index contributed by atoms with van der Waals surface area (Å²) in [4.78, 5) is 14.7. The molecule has 0 radical (unpaired) electrons. The summed E-state index contributed by atoms with van der Waals surface area (Å²) in [6, 6.07) is 0. The summed E-state index contributed by atoms with van der Waals surface area (Å²) >= 11 is 2.42. The molecule has 0 fully saturated rings. The fraction of sp³-hybridized carbons (Fsp3) is 0.500. The lowest BCUT2D eigenvalue weighted by Crippen LogP contribution is -2.10. The van der Waals surface area contributed by atoms with Gasteiger partial charge >= 0.3 is 5.77 Å². The van der Waals surface area contributed by atoms with Crippen molar-refractivity contribution in [2.24, 2.45) is 5.73 Å². The van der Waals surface area contributed by atoms with Crippen LogP contribution in [0.25, 0.3) is 0 Å². The third-order valence-corrected chi connectivity index (χ3v) is 7.00. The van der Waals surface area contributed by atoms with Crippen LogP contribution in [0.5, 0.6) is 5.19 Å². The van der Waals surface area contributed by atoms with Gasteiger partial charge in [-0.15, -0.1) is 0 Å². The Morgan fingerprint density at radius 3 is 2.42 bits per heavy atom. The van der Waals surface area contributed by atoms with E-state index >= 15 is 0 Å². The second-order valence-corrected chi connectivity index (χ2v) is 10.0. The first-order chi connectivity index (χ1) is 9.00. The zero-order valence-corrected chi connectivity index (χ0v) is 13.6. The van der Waals surface area contributed by atoms with Gasteiger partial charge in [-0.2, -0.15) is 4.98 Å². The van der Waals surface area contributed by atoms with Crippen molar-refractivity contribution in [3.05, 3.63) is 11.1 Å². The topological polar surface area (TPSA) is 101 Å². The zero-order chi connectivity index (χ0) is 14.3. The standard InChI is InChI=1S/C8H13N2O5PS3/c1-3-13-18-16(12,19-14-4-2)15-8-10-6(5-17-8)7(9)11/h5H,3-4H2,1-2H3,(H2,9,11). The van der Waals surface area contributed by atoms with Crippen molar-refractivity contribution in [1.29, 1.82) is 0 Å². The maximum absolute atomic E-state index is 12.4. The number of carbonyl (C=O) groups excluding carboxylic acids is 1. The summed E-state index contributed by atoms with van der Waals surface area (Å²) in [6.07, 6.45) is 0. The Morgan fingerprint density at radius 1 is 1.42 bits per heavy atom. The van der Waals surface area contributed by atoms with Gasteiger partial charge in [0.2, 0.25) is 0 Å². The lowest BCUT2D eigenvalue weighted by molar-refractivity contribution is 0.0996. The molecule has 1 amide bonds. The van der Waals surface area contributed by atoms with Crippen LogP contribution in [0, 0.1) is 0 Å². The van der Waals surface area contributed by atoms with Crippen molar-refractivity contribution in [2.75, 3.05) is 13.2 Å². The van der Waals surface area contributed by atoms with Gasteiger partial charge in [0.1, 0.15) is 29.0 Å². The first kappa shape index (κ1) is 16.8. The molecule has 108 valence electrons. The molecule has 19 heavy (non-hydrogen) atoms. The molecular weight excluding hydrogens is 331 g/mol. The second-order valence-electron chi connectivity index (χ2n) is 2.86. The summed E-state index contributed by atoms with van der Waals surface area (Å²) in [5.41, 5.74) is 5.14. The summed E-state index contributed by atoms with van der Waals surface area (Å²) in [5.74, 6) is -3.98. The molecule has 0 aliphatic rings. The molecule has 0 aliphatic carbocycles. The number of primary amides is 1. The molecule has 0 spiro atoms. The second kappa shape index (κ2) is 8.13. The van der Waals surface area contributed by atoms with Gasteiger partial charge in [0.05, 0.1) is 13.2 Å². The molecule has 0 atom stereocenters. The van der Waals surface area contributed by atoms with E-state index < -0.39 is 11.7 Å². The molecule has 2 N–H and O–H groups in total. The maximum atomic E-state index is 12.4. The van der Waals surface area contributed by atoms with Crippen molar-refractivity contribution >= 4 is 46.3 Å². The highest BCUT2D eigenvalue weighted by atomic mass is 33.1. The van der Waals surface area contributed by atoms with Crippen molar-refractivity contribution < 1.29 is 22.2 Å². The Bertz CT molecular complexity index is 457. The quantitative estimate of drug-likeness (QED) is 0.539. The van der Waals surface area contributed by atoms with Crippen LogP contribution in [0.3, 0.4) is 0 Å². The van der Waals surface area contributed by atoms with Gasteiger partial charge in [-0.1, -0.05) is 11.3 Å². The largest absolute Gasteiger partial charge is 0.413 e. The molecule has 0 unspecified atom stereocenters. The molecule has 7 nitrogen and oxygen atoms in total. The number of rotatable bonds is 9. The van der Waals surface area contributed by atoms with E-state index in [1.54, 1.807) is 13.8 Å². The summed E-state index contributed by atoms with van der Waals surface area (Å²) in [7, 11) is 0. The van der Waals surface area contributed by atoms with E-state index in [0.29, 0.717) is 36.5 Å². The SMILES string of the molecule is CCOSP(=O)(Oc1nc(C(N)=O)cs1)SOCC. The minimum absolute atomic E-state index is 0.0642. The van der Waals surface area contributed by atoms with Crippen molar-refractivity contribution in [1.82, 2.24) is 4.98 Å². The van der Waals surface area contributed by atoms with Crippen LogP contribution in [0.1, 0.15) is 24.3 Å². The van der Waals surface area contributed by atoms with E-state index in [2.05, 4.69) is 4.98 Å². The summed E-state index contributed by atoms with van der Waals surface area (Å²) in [6.45, 7) is 4.26. The Hall–Kier alpha value is -0.250. The van der Waals surface area contributed by atoms with Crippen molar-refractivity contribution in [3.8, 4) is 5.19 Å². The van der Waals surface area contributed by atoms with E-state index in [0.717, 1.165) is 11.3 Å². The van der Waals surface area contributed by atoms with Crippen molar-refractivity contribution in [2.45, 2.75) is 13.8 Å². The highest BCUT2D eigenvalue weighted by Crippen LogP contribution is 2.69. The van der Waals surface area contributed by atoms with Crippen LogP contribution in [0.4, 0.5) is 0 Å². The number of nitrogens with two attached hydrogens (primary N) is 1. The van der Waals surface area contributed by atoms with Gasteiger partial charge in [-0.05, 0) is 13.8 Å². The first-order valence-electron chi connectivity index (χ1n) is 5.18. The predicted octanol–water partition coefficient (Wildman–Crippen LogP) is 3.10. The van der Waals surface area contributed by atoms with E-state index in [-0.39, 0.29) is 10.9 Å². The van der Waals surface area contributed by atoms with Crippen LogP contribution in [-0.4, -0.2) is 24.1 Å². The van der Waals surface area contributed by atoms with Crippen LogP contribution in [-0.2, 0) is 12.9 Å². The van der Waals surface area contributed by atoms with Gasteiger partial charge in [0.15, 0.2) is 0 Å². The Balaban J connectivity index is 2.74. The van der Waals surface area contributed by atoms with E-state index in [1.807, 2.05) is 0 Å². The maximum Gasteiger partial charge on any atom is 0.413 e. The average molecular weight is 344 g/mol. The van der Waals surface area contributed by atoms with Gasteiger partial charge < -0.3 is 18.6 Å². The van der Waals surface area contributed by atoms with E-state index in [4.69, 9.17) is 18.6 Å². The minimum Gasteiger partial charge on any atom is -0.398 e. The third kappa shape index (κ3) is 5.72. The molecular formula is C8H13N2O5PS3. The lowest BCUT2D eigenvalue weighted by Gasteiger charge is -2.13. The highest BCUT2D eigenvalue weighted by molar-refractivity contribution is 8.87. The fourth-order valence-electron chi connectivity index (χ4n) is 0.785. The molecule has 0 aliphatic heterocycles. The molecule has 1 heterocycles. The molecule has 0 aromatic carbocycles. The monoisotopic (exact) mass is 344 g/mol. The van der Waals surface area contributed by atoms with Crippen LogP contribution in [0.2, 0.25) is 0 Å². The normalized spacial score (nSPS) is 11.5. The number of amides is 1. The zero-order valence-electron chi connectivity index (χ0n) is 10.2. The van der Waals surface area contributed by atoms with Crippen molar-refractivity contribution in [3.63, 3.8) is 0 Å². The molecule has 0 bridgehead atoms. The molecule has 0 saturated carbocycles. The number of aromatic nitrogens is 1. The number of nitrogens with zero attached hydrogens (tertiary/aromatic N) is 1. The predicted molar refractivity (Wildman–Crippen MR) is 77.3 cm³/mol. The Morgan fingerprint density at radius 2 is 2.00 bits per heavy atom. The fourth-order valence-corrected chi connectivity index (χ4v) is 5.96. The van der Waals surface area contributed by atoms with E-state index in [9.17, 15) is 9.36 Å². The van der Waals surface area contributed by atoms with E-state index in [1.165, 1.54) is 5.38 Å². The molecule has 0 saturated heterocycles. The molecule has 1 aromatic heterocycles. The molecule has 1 aromatic rings. The van der Waals surface area contributed by atoms with Crippen LogP contribution in [0.15, 0.2) is 5.38 Å². The number of carbonyl (C=O) groups is 1. The number of hydrogen-bond acceptors (Lipinski definition) is 9. The van der Waals surface area contributed by atoms with Gasteiger partial charge in [0.25, 0.3) is 11.1 Å². The number of thiazole rings is 1. The summed E-state index contributed by atoms with van der Waals surface area (Å²) in [5, 5.41) is 1.51. The van der Waals surface area contributed by atoms with Gasteiger partial charge in [-0.3, -0.25) is 4.79 Å². The van der Waals surface area contributed by atoms with Gasteiger partial charge in [-0.25, -0.2) is 4.57 Å². The smallest absolute Gasteiger partial charge is 0.398 e. The Labute approximate surface area is 122 Å².